The topological polar surface area (TPSA) is 198 Å². The number of ether oxygens (including phenoxy) is 3. The summed E-state index contributed by atoms with van der Waals surface area (Å²) in [4.78, 5) is 114. The SMILES string of the molecule is C/C=C/C(=O)C1=C(C)C(C(C)(C)C)CC(C)C1(C)C.C/C=C/C(=O)C1C(C)=C(C(C)(C)C)CC(C)C1(C)C.C/C=C/C(=O)OC(C)C.C=C(C)C(=O)CC(C)(C)C.C=C(C)C(=O)OC(C)(C)C.C=C1C(C(C)(C)C)CC(C)C(C)(C)C1/C=C/C(C)=O.C=C1C(C(C)(C)C)CC(C)C(C)(C)C1C(=O)/C=C/C.C=CC(=O)CC(C)(C)C.C=CC(=O)OC(C)(C)C.CC(=O)/C=C/C1=C(C)C(C(C)(C)C)CC(C)C1(C)C. The number of carbonyl (C=O) groups is 10. The van der Waals surface area contributed by atoms with Crippen LogP contribution >= 0.6 is 0 Å². The van der Waals surface area contributed by atoms with Crippen LogP contribution in [-0.4, -0.2) is 75.7 Å². The minimum absolute atomic E-state index is 0.00454. The molecule has 0 bridgehead atoms. The highest BCUT2D eigenvalue weighted by molar-refractivity contribution is 6.05. The molecule has 13 heteroatoms. The smallest absolute Gasteiger partial charge is 0.333 e. The minimum atomic E-state index is -0.407. The summed E-state index contributed by atoms with van der Waals surface area (Å²) in [6.07, 6.45) is 30.9. The number of hydrogen-bond acceptors (Lipinski definition) is 13. The lowest BCUT2D eigenvalue weighted by Crippen LogP contribution is -2.46. The summed E-state index contributed by atoms with van der Waals surface area (Å²) >= 11 is 0. The van der Waals surface area contributed by atoms with E-state index in [1.807, 2.05) is 136 Å². The molecule has 13 nitrogen and oxygen atoms in total. The molecule has 142 heavy (non-hydrogen) atoms. The predicted molar refractivity (Wildman–Crippen MR) is 611 cm³/mol. The van der Waals surface area contributed by atoms with Gasteiger partial charge in [-0.1, -0.05) is 359 Å². The number of rotatable bonds is 18. The molecule has 12 unspecified atom stereocenters. The van der Waals surface area contributed by atoms with E-state index in [0.29, 0.717) is 83.2 Å². The molecule has 5 aliphatic carbocycles. The van der Waals surface area contributed by atoms with Crippen LogP contribution in [0.1, 0.15) is 426 Å². The summed E-state index contributed by atoms with van der Waals surface area (Å²) in [5.41, 5.74) is 12.3. The zero-order valence-electron chi connectivity index (χ0n) is 102. The summed E-state index contributed by atoms with van der Waals surface area (Å²) < 4.78 is 14.6. The van der Waals surface area contributed by atoms with E-state index in [2.05, 4.69) is 280 Å². The molecule has 0 aromatic heterocycles. The van der Waals surface area contributed by atoms with E-state index >= 15 is 0 Å². The molecule has 0 spiro atoms. The Morgan fingerprint density at radius 3 is 1.08 bits per heavy atom. The van der Waals surface area contributed by atoms with Crippen LogP contribution in [0.3, 0.4) is 0 Å². The third-order valence-electron chi connectivity index (χ3n) is 29.2. The highest BCUT2D eigenvalue weighted by atomic mass is 16.6. The number of allylic oxidation sites excluding steroid dienone is 21. The van der Waals surface area contributed by atoms with E-state index < -0.39 is 11.2 Å². The summed E-state index contributed by atoms with van der Waals surface area (Å²) in [6, 6.07) is 0. The van der Waals surface area contributed by atoms with E-state index in [9.17, 15) is 47.9 Å². The molecule has 0 amide bonds. The molecule has 0 radical (unpaired) electrons. The highest BCUT2D eigenvalue weighted by Crippen LogP contribution is 2.59. The zero-order chi connectivity index (χ0) is 114. The first-order valence-electron chi connectivity index (χ1n) is 52.6. The quantitative estimate of drug-likeness (QED) is 0.0544. The first kappa shape index (κ1) is 143. The second-order valence-electron chi connectivity index (χ2n) is 54.2. The van der Waals surface area contributed by atoms with Crippen LogP contribution < -0.4 is 0 Å². The van der Waals surface area contributed by atoms with Gasteiger partial charge in [-0.2, -0.15) is 0 Å². The van der Waals surface area contributed by atoms with E-state index in [0.717, 1.165) is 30.1 Å². The summed E-state index contributed by atoms with van der Waals surface area (Å²) in [5, 5.41) is 0. The van der Waals surface area contributed by atoms with Gasteiger partial charge in [0.15, 0.2) is 40.5 Å². The van der Waals surface area contributed by atoms with Gasteiger partial charge in [-0.15, -0.1) is 0 Å². The molecule has 0 heterocycles. The Bertz CT molecular complexity index is 4440. The predicted octanol–water partition coefficient (Wildman–Crippen LogP) is 35.3. The van der Waals surface area contributed by atoms with Crippen molar-refractivity contribution in [3.8, 4) is 0 Å². The van der Waals surface area contributed by atoms with Gasteiger partial charge in [-0.3, -0.25) is 33.6 Å². The van der Waals surface area contributed by atoms with Crippen LogP contribution in [0.4, 0.5) is 0 Å². The van der Waals surface area contributed by atoms with Gasteiger partial charge in [0, 0.05) is 53.9 Å². The molecule has 12 atom stereocenters. The van der Waals surface area contributed by atoms with Crippen LogP contribution in [0.25, 0.3) is 0 Å². The van der Waals surface area contributed by atoms with Crippen molar-refractivity contribution in [2.24, 2.45) is 136 Å². The zero-order valence-corrected chi connectivity index (χ0v) is 102. The van der Waals surface area contributed by atoms with Gasteiger partial charge in [0.1, 0.15) is 11.2 Å². The fourth-order valence-electron chi connectivity index (χ4n) is 19.5. The lowest BCUT2D eigenvalue weighted by atomic mass is 9.53. The third kappa shape index (κ3) is 50.5. The Hall–Kier alpha value is -7.80. The summed E-state index contributed by atoms with van der Waals surface area (Å²) in [7, 11) is 0. The maximum Gasteiger partial charge on any atom is 0.333 e. The van der Waals surface area contributed by atoms with Crippen molar-refractivity contribution in [1.29, 1.82) is 0 Å². The Morgan fingerprint density at radius 1 is 0.408 bits per heavy atom. The maximum atomic E-state index is 12.5. The largest absolute Gasteiger partial charge is 0.460 e. The monoisotopic (exact) mass is 1980 g/mol. The van der Waals surface area contributed by atoms with Gasteiger partial charge >= 0.3 is 17.9 Å². The number of Topliss-reactive ketones (excluding diaryl/α,β-unsaturated/α-hetero) is 1. The lowest BCUT2D eigenvalue weighted by Gasteiger charge is -2.51. The average molecular weight is 1980 g/mol. The van der Waals surface area contributed by atoms with Gasteiger partial charge in [-0.25, -0.2) is 14.4 Å². The van der Waals surface area contributed by atoms with Crippen LogP contribution in [0.2, 0.25) is 0 Å². The van der Waals surface area contributed by atoms with Gasteiger partial charge in [0.25, 0.3) is 0 Å². The standard InChI is InChI=1S/5C18H30O.C9H16O.C8H14O2.C8H14O.2C7H12O2/c2*1-12-11-16(17(4,5)6)14(3)15(18(12,7)8)10-9-13(2)19;3*1-9-10-15(19)16-13(3)14(17(4,5)6)11-12(2)18(16,7)8;1-7(2)8(10)6-9(3,4)5;1-6(2)7(9)10-8(3,4)5;1-5-7(9)6-8(2,3)4;1-5-6(8)9-7(2,3)4;1-4-5-7(8)9-6(2)3/h9-10,12,16H,11H2,1-8H3;9-10,12,15-16H,3,11H2,1-2,4-8H3;9-10,12,16H,11H2,1-8H3;9-10,12,14H,11H2,1-8H3;9-10,12,14,16H,3,11H2,1-2,4-8H3;1,6H2,2-5H3;1H2,2-5H3;5H,1,6H2,2-4H3;5H,1H2,2-4H3;4-6H,1-3H3/b5*10-9+;;;;;5-4+. The molecule has 0 aromatic rings. The van der Waals surface area contributed by atoms with E-state index in [1.54, 1.807) is 71.1 Å². The highest BCUT2D eigenvalue weighted by Gasteiger charge is 2.52. The summed E-state index contributed by atoms with van der Waals surface area (Å²) in [5.74, 6) is 5.44. The van der Waals surface area contributed by atoms with E-state index in [1.165, 1.54) is 64.9 Å². The van der Waals surface area contributed by atoms with Gasteiger partial charge in [0.2, 0.25) is 0 Å². The van der Waals surface area contributed by atoms with E-state index in [-0.39, 0.29) is 141 Å². The van der Waals surface area contributed by atoms with Crippen molar-refractivity contribution in [2.75, 3.05) is 0 Å². The Labute approximate surface area is 874 Å². The molecule has 0 saturated heterocycles. The maximum absolute atomic E-state index is 12.5. The molecule has 0 aliphatic heterocycles. The van der Waals surface area contributed by atoms with E-state index in [4.69, 9.17) is 14.2 Å². The summed E-state index contributed by atoms with van der Waals surface area (Å²) in [6.45, 7) is 138. The molecule has 0 N–H and O–H groups in total. The van der Waals surface area contributed by atoms with Crippen LogP contribution in [0, 0.1) is 136 Å². The number of hydrogen-bond donors (Lipinski definition) is 0. The van der Waals surface area contributed by atoms with Gasteiger partial charge < -0.3 is 14.2 Å². The minimum Gasteiger partial charge on any atom is -0.460 e. The van der Waals surface area contributed by atoms with Crippen molar-refractivity contribution < 1.29 is 62.2 Å². The molecule has 5 aliphatic rings. The fourth-order valence-corrected chi connectivity index (χ4v) is 19.5. The third-order valence-corrected chi connectivity index (χ3v) is 29.2. The molecule has 2 saturated carbocycles. The van der Waals surface area contributed by atoms with Gasteiger partial charge in [-0.05, 0) is 329 Å². The van der Waals surface area contributed by atoms with Crippen molar-refractivity contribution in [3.63, 3.8) is 0 Å². The normalized spacial score (nSPS) is 23.3. The second-order valence-corrected chi connectivity index (χ2v) is 54.2. The fraction of sp³-hybridized carbons (Fsp3) is 0.690. The van der Waals surface area contributed by atoms with Crippen molar-refractivity contribution in [2.45, 2.75) is 443 Å². The van der Waals surface area contributed by atoms with Crippen LogP contribution in [-0.2, 0) is 62.2 Å². The van der Waals surface area contributed by atoms with Crippen molar-refractivity contribution in [1.82, 2.24) is 0 Å². The first-order chi connectivity index (χ1) is 63.3. The molecule has 5 rings (SSSR count). The van der Waals surface area contributed by atoms with Gasteiger partial charge in [0.05, 0.1) is 6.10 Å². The molecule has 812 valence electrons. The first-order valence-corrected chi connectivity index (χ1v) is 52.6. The van der Waals surface area contributed by atoms with Crippen LogP contribution in [0.5, 0.6) is 0 Å². The second kappa shape index (κ2) is 58.7. The lowest BCUT2D eigenvalue weighted by molar-refractivity contribution is -0.150. The number of ketones is 7. The molecular formula is C129H218O13. The molecular weight excluding hydrogens is 1760 g/mol. The number of esters is 3. The Kier molecular flexibility index (Phi) is 58.9. The average Bonchev–Trinajstić information content (AvgIpc) is 0.782. The molecule has 2 fully saturated rings. The van der Waals surface area contributed by atoms with Crippen LogP contribution in [0.15, 0.2) is 180 Å². The Balaban J connectivity index is -0.000000497. The molecule has 0 aromatic carbocycles. The van der Waals surface area contributed by atoms with Crippen molar-refractivity contribution in [3.05, 3.63) is 180 Å². The Morgan fingerprint density at radius 2 is 0.775 bits per heavy atom. The number of carbonyl (C=O) groups excluding carboxylic acids is 10. The van der Waals surface area contributed by atoms with Crippen molar-refractivity contribution >= 4 is 58.4 Å².